The van der Waals surface area contributed by atoms with Gasteiger partial charge < -0.3 is 15.1 Å². The Kier molecular flexibility index (Phi) is 4.16. The number of hydrogen-bond donors (Lipinski definition) is 1. The van der Waals surface area contributed by atoms with Crippen molar-refractivity contribution in [2.45, 2.75) is 44.7 Å². The molecule has 2 atom stereocenters. The lowest BCUT2D eigenvalue weighted by atomic mass is 9.97. The molecule has 0 aliphatic carbocycles. The number of fused-ring (bicyclic) bond motifs is 1. The van der Waals surface area contributed by atoms with Gasteiger partial charge in [0, 0.05) is 32.2 Å². The first-order valence-electron chi connectivity index (χ1n) is 8.06. The number of piperidine rings is 1. The Balaban J connectivity index is 1.71. The maximum absolute atomic E-state index is 3.68. The molecule has 0 radical (unpaired) electrons. The van der Waals surface area contributed by atoms with E-state index in [1.54, 1.807) is 0 Å². The van der Waals surface area contributed by atoms with E-state index in [9.17, 15) is 0 Å². The van der Waals surface area contributed by atoms with Gasteiger partial charge in [0.15, 0.2) is 0 Å². The summed E-state index contributed by atoms with van der Waals surface area (Å²) in [5.74, 6) is 0. The molecule has 3 rings (SSSR count). The Morgan fingerprint density at radius 3 is 2.75 bits per heavy atom. The average Bonchev–Trinajstić information content (AvgIpc) is 2.49. The van der Waals surface area contributed by atoms with Crippen LogP contribution in [0, 0.1) is 0 Å². The highest BCUT2D eigenvalue weighted by Gasteiger charge is 2.25. The molecular formula is C17H27N3. The predicted molar refractivity (Wildman–Crippen MR) is 86.8 cm³/mol. The van der Waals surface area contributed by atoms with E-state index in [-0.39, 0.29) is 0 Å². The first-order valence-corrected chi connectivity index (χ1v) is 8.06. The van der Waals surface area contributed by atoms with Gasteiger partial charge in [-0.05, 0) is 44.9 Å². The summed E-state index contributed by atoms with van der Waals surface area (Å²) in [6, 6.07) is 10.2. The number of likely N-dealkylation sites (N-methyl/N-ethyl adjacent to an activating group) is 1. The van der Waals surface area contributed by atoms with Gasteiger partial charge in [-0.3, -0.25) is 0 Å². The Hall–Kier alpha value is -1.22. The van der Waals surface area contributed by atoms with E-state index in [0.717, 1.165) is 13.1 Å². The van der Waals surface area contributed by atoms with E-state index in [1.807, 2.05) is 0 Å². The lowest BCUT2D eigenvalue weighted by Gasteiger charge is -2.41. The highest BCUT2D eigenvalue weighted by molar-refractivity contribution is 5.73. The van der Waals surface area contributed by atoms with E-state index in [4.69, 9.17) is 0 Å². The first kappa shape index (κ1) is 13.7. The minimum atomic E-state index is 0.612. The van der Waals surface area contributed by atoms with E-state index in [0.29, 0.717) is 12.1 Å². The molecular weight excluding hydrogens is 246 g/mol. The van der Waals surface area contributed by atoms with E-state index in [2.05, 4.69) is 53.4 Å². The molecule has 0 amide bonds. The first-order chi connectivity index (χ1) is 9.75. The molecule has 2 heterocycles. The molecule has 1 N–H and O–H groups in total. The third-order valence-electron chi connectivity index (χ3n) is 4.85. The van der Waals surface area contributed by atoms with Gasteiger partial charge in [0.1, 0.15) is 0 Å². The van der Waals surface area contributed by atoms with E-state index >= 15 is 0 Å². The van der Waals surface area contributed by atoms with Crippen LogP contribution in [0.5, 0.6) is 0 Å². The molecule has 20 heavy (non-hydrogen) atoms. The van der Waals surface area contributed by atoms with Crippen molar-refractivity contribution in [3.63, 3.8) is 0 Å². The van der Waals surface area contributed by atoms with Crippen LogP contribution in [0.15, 0.2) is 24.3 Å². The fourth-order valence-corrected chi connectivity index (χ4v) is 3.65. The zero-order valence-corrected chi connectivity index (χ0v) is 12.8. The number of para-hydroxylation sites is 2. The van der Waals surface area contributed by atoms with Crippen molar-refractivity contribution in [3.8, 4) is 0 Å². The van der Waals surface area contributed by atoms with Gasteiger partial charge >= 0.3 is 0 Å². The zero-order valence-electron chi connectivity index (χ0n) is 12.8. The summed E-state index contributed by atoms with van der Waals surface area (Å²) in [4.78, 5) is 4.98. The van der Waals surface area contributed by atoms with Crippen LogP contribution in [0.4, 0.5) is 11.4 Å². The molecule has 3 heteroatoms. The van der Waals surface area contributed by atoms with Gasteiger partial charge in [0.05, 0.1) is 11.4 Å². The molecule has 0 spiro atoms. The van der Waals surface area contributed by atoms with Crippen molar-refractivity contribution in [3.05, 3.63) is 24.3 Å². The van der Waals surface area contributed by atoms with Crippen LogP contribution in [0.1, 0.15) is 32.6 Å². The van der Waals surface area contributed by atoms with Crippen LogP contribution in [-0.4, -0.2) is 38.8 Å². The largest absolute Gasteiger partial charge is 0.371 e. The highest BCUT2D eigenvalue weighted by Crippen LogP contribution is 2.34. The van der Waals surface area contributed by atoms with Crippen LogP contribution in [0.25, 0.3) is 0 Å². The van der Waals surface area contributed by atoms with Crippen molar-refractivity contribution in [2.24, 2.45) is 0 Å². The fraction of sp³-hybridized carbons (Fsp3) is 0.647. The minimum absolute atomic E-state index is 0.612. The summed E-state index contributed by atoms with van der Waals surface area (Å²) in [5.41, 5.74) is 2.78. The lowest BCUT2D eigenvalue weighted by molar-refractivity contribution is 0.359. The molecule has 1 fully saturated rings. The van der Waals surface area contributed by atoms with Crippen molar-refractivity contribution in [1.29, 1.82) is 0 Å². The summed E-state index contributed by atoms with van der Waals surface area (Å²) in [5, 5.41) is 3.68. The maximum atomic E-state index is 3.68. The Bertz CT molecular complexity index is 440. The number of nitrogens with one attached hydrogen (secondary N) is 1. The fourth-order valence-electron chi connectivity index (χ4n) is 3.65. The SMILES string of the molecule is CC(CC1CCCCN1)N1CCN(C)c2ccccc21. The molecule has 0 saturated carbocycles. The number of benzene rings is 1. The molecule has 1 saturated heterocycles. The van der Waals surface area contributed by atoms with E-state index in [1.165, 1.54) is 43.6 Å². The van der Waals surface area contributed by atoms with Crippen LogP contribution in [0.2, 0.25) is 0 Å². The highest BCUT2D eigenvalue weighted by atomic mass is 15.3. The summed E-state index contributed by atoms with van der Waals surface area (Å²) in [6.07, 6.45) is 5.35. The Labute approximate surface area is 123 Å². The minimum Gasteiger partial charge on any atom is -0.371 e. The molecule has 1 aromatic carbocycles. The Morgan fingerprint density at radius 1 is 1.20 bits per heavy atom. The average molecular weight is 273 g/mol. The van der Waals surface area contributed by atoms with Crippen LogP contribution in [0.3, 0.4) is 0 Å². The number of rotatable bonds is 3. The van der Waals surface area contributed by atoms with Crippen LogP contribution in [-0.2, 0) is 0 Å². The molecule has 2 unspecified atom stereocenters. The topological polar surface area (TPSA) is 18.5 Å². The van der Waals surface area contributed by atoms with Crippen molar-refractivity contribution >= 4 is 11.4 Å². The quantitative estimate of drug-likeness (QED) is 0.913. The summed E-state index contributed by atoms with van der Waals surface area (Å²) in [7, 11) is 2.20. The van der Waals surface area contributed by atoms with Gasteiger partial charge in [-0.25, -0.2) is 0 Å². The van der Waals surface area contributed by atoms with Gasteiger partial charge in [-0.1, -0.05) is 18.6 Å². The molecule has 0 bridgehead atoms. The second kappa shape index (κ2) is 6.04. The molecule has 0 aromatic heterocycles. The molecule has 1 aromatic rings. The van der Waals surface area contributed by atoms with Gasteiger partial charge in [0.25, 0.3) is 0 Å². The Morgan fingerprint density at radius 2 is 2.00 bits per heavy atom. The smallest absolute Gasteiger partial charge is 0.0607 e. The summed E-state index contributed by atoms with van der Waals surface area (Å²) >= 11 is 0. The summed E-state index contributed by atoms with van der Waals surface area (Å²) in [6.45, 7) is 5.86. The van der Waals surface area contributed by atoms with Crippen LogP contribution >= 0.6 is 0 Å². The maximum Gasteiger partial charge on any atom is 0.0607 e. The third kappa shape index (κ3) is 2.78. The lowest BCUT2D eigenvalue weighted by Crippen LogP contribution is -2.47. The van der Waals surface area contributed by atoms with Gasteiger partial charge in [-0.2, -0.15) is 0 Å². The van der Waals surface area contributed by atoms with Crippen molar-refractivity contribution < 1.29 is 0 Å². The molecule has 3 nitrogen and oxygen atoms in total. The van der Waals surface area contributed by atoms with E-state index < -0.39 is 0 Å². The van der Waals surface area contributed by atoms with Gasteiger partial charge in [-0.15, -0.1) is 0 Å². The number of anilines is 2. The number of nitrogens with zero attached hydrogens (tertiary/aromatic N) is 2. The molecule has 2 aliphatic rings. The second-order valence-corrected chi connectivity index (χ2v) is 6.34. The normalized spacial score (nSPS) is 24.4. The third-order valence-corrected chi connectivity index (χ3v) is 4.85. The summed E-state index contributed by atoms with van der Waals surface area (Å²) < 4.78 is 0. The second-order valence-electron chi connectivity index (χ2n) is 6.34. The van der Waals surface area contributed by atoms with Crippen molar-refractivity contribution in [1.82, 2.24) is 5.32 Å². The monoisotopic (exact) mass is 273 g/mol. The van der Waals surface area contributed by atoms with Crippen molar-refractivity contribution in [2.75, 3.05) is 36.5 Å². The standard InChI is InChI=1S/C17H27N3/c1-14(13-15-7-5-6-10-18-15)20-12-11-19(2)16-8-3-4-9-17(16)20/h3-4,8-9,14-15,18H,5-7,10-13H2,1-2H3. The van der Waals surface area contributed by atoms with Crippen LogP contribution < -0.4 is 15.1 Å². The predicted octanol–water partition coefficient (Wildman–Crippen LogP) is 2.86. The molecule has 110 valence electrons. The molecule has 2 aliphatic heterocycles. The number of hydrogen-bond acceptors (Lipinski definition) is 3. The van der Waals surface area contributed by atoms with Gasteiger partial charge in [0.2, 0.25) is 0 Å². The zero-order chi connectivity index (χ0) is 13.9.